The van der Waals surface area contributed by atoms with E-state index in [-0.39, 0.29) is 30.4 Å². The number of aromatic carboxylic acids is 1. The Morgan fingerprint density at radius 2 is 1.58 bits per heavy atom. The molecule has 0 unspecified atom stereocenters. The van der Waals surface area contributed by atoms with Crippen LogP contribution in [0.1, 0.15) is 25.6 Å². The van der Waals surface area contributed by atoms with E-state index in [2.05, 4.69) is 0 Å². The Hall–Kier alpha value is -1.07. The molecule has 0 spiro atoms. The lowest BCUT2D eigenvalue weighted by Crippen LogP contribution is -2.24. The lowest BCUT2D eigenvalue weighted by molar-refractivity contribution is -0.255. The molecule has 0 aliphatic rings. The van der Waals surface area contributed by atoms with Crippen LogP contribution in [0.25, 0.3) is 0 Å². The molecule has 2 aromatic rings. The summed E-state index contributed by atoms with van der Waals surface area (Å²) in [5, 5.41) is 11.1. The molecule has 1 aromatic heterocycles. The number of carboxylic acids is 1. The molecule has 0 aliphatic heterocycles. The van der Waals surface area contributed by atoms with E-state index in [4.69, 9.17) is 34.8 Å². The van der Waals surface area contributed by atoms with Gasteiger partial charge >= 0.3 is 0 Å². The van der Waals surface area contributed by atoms with E-state index < -0.39 is 11.8 Å². The molecule has 19 heavy (non-hydrogen) atoms. The summed E-state index contributed by atoms with van der Waals surface area (Å²) in [7, 11) is 0. The van der Waals surface area contributed by atoms with Crippen molar-refractivity contribution in [3.63, 3.8) is 0 Å². The molecule has 1 heterocycles. The first-order chi connectivity index (χ1) is 8.93. The van der Waals surface area contributed by atoms with Crippen LogP contribution >= 0.6 is 46.1 Å². The van der Waals surface area contributed by atoms with Gasteiger partial charge in [0.15, 0.2) is 0 Å². The zero-order chi connectivity index (χ0) is 14.2. The maximum absolute atomic E-state index is 12.3. The molecule has 2 rings (SSSR count). The Morgan fingerprint density at radius 1 is 1.00 bits per heavy atom. The van der Waals surface area contributed by atoms with E-state index >= 15 is 0 Å². The quantitative estimate of drug-likeness (QED) is 0.809. The average Bonchev–Trinajstić information content (AvgIpc) is 2.65. The van der Waals surface area contributed by atoms with E-state index in [9.17, 15) is 14.7 Å². The summed E-state index contributed by atoms with van der Waals surface area (Å²) >= 11 is 18.4. The third kappa shape index (κ3) is 2.62. The van der Waals surface area contributed by atoms with Crippen LogP contribution in [0.2, 0.25) is 14.4 Å². The molecule has 7 heteroatoms. The van der Waals surface area contributed by atoms with Crippen LogP contribution in [-0.2, 0) is 0 Å². The fraction of sp³-hybridized carbons (Fsp3) is 0. The molecule has 0 fully saturated rings. The van der Waals surface area contributed by atoms with E-state index in [0.717, 1.165) is 11.3 Å². The van der Waals surface area contributed by atoms with Gasteiger partial charge in [0.05, 0.1) is 20.9 Å². The highest BCUT2D eigenvalue weighted by Gasteiger charge is 2.22. The smallest absolute Gasteiger partial charge is 0.205 e. The normalized spacial score (nSPS) is 10.5. The summed E-state index contributed by atoms with van der Waals surface area (Å²) in [5.41, 5.74) is -0.219. The number of carbonyl (C=O) groups is 2. The van der Waals surface area contributed by atoms with Crippen LogP contribution in [-0.4, -0.2) is 11.8 Å². The zero-order valence-electron chi connectivity index (χ0n) is 9.08. The lowest BCUT2D eigenvalue weighted by Gasteiger charge is -2.08. The van der Waals surface area contributed by atoms with Gasteiger partial charge in [0.25, 0.3) is 0 Å². The second-order valence-corrected chi connectivity index (χ2v) is 5.87. The number of hydrogen-bond acceptors (Lipinski definition) is 4. The first kappa shape index (κ1) is 14.3. The van der Waals surface area contributed by atoms with Gasteiger partial charge in [-0.2, -0.15) is 0 Å². The highest BCUT2D eigenvalue weighted by atomic mass is 35.5. The Morgan fingerprint density at radius 3 is 2.05 bits per heavy atom. The Bertz CT molecular complexity index is 679. The summed E-state index contributed by atoms with van der Waals surface area (Å²) < 4.78 is 0.181. The van der Waals surface area contributed by atoms with Crippen molar-refractivity contribution in [2.24, 2.45) is 0 Å². The molecular weight excluding hydrogens is 331 g/mol. The summed E-state index contributed by atoms with van der Waals surface area (Å²) in [6.07, 6.45) is 0. The minimum atomic E-state index is -1.44. The molecule has 98 valence electrons. The summed E-state index contributed by atoms with van der Waals surface area (Å²) in [5.74, 6) is -1.99. The molecule has 1 aromatic carbocycles. The fourth-order valence-corrected chi connectivity index (χ4v) is 3.25. The van der Waals surface area contributed by atoms with Crippen molar-refractivity contribution in [3.05, 3.63) is 54.7 Å². The van der Waals surface area contributed by atoms with Gasteiger partial charge in [-0.05, 0) is 0 Å². The van der Waals surface area contributed by atoms with Crippen molar-refractivity contribution >= 4 is 57.9 Å². The predicted octanol–water partition coefficient (Wildman–Crippen LogP) is 3.30. The number of thiophene rings is 1. The number of hydrogen-bond donors (Lipinski definition) is 0. The van der Waals surface area contributed by atoms with Gasteiger partial charge in [0, 0.05) is 11.1 Å². The molecule has 0 N–H and O–H groups in total. The molecule has 3 nitrogen and oxygen atoms in total. The van der Waals surface area contributed by atoms with Crippen molar-refractivity contribution in [3.8, 4) is 0 Å². The van der Waals surface area contributed by atoms with E-state index in [1.807, 2.05) is 0 Å². The first-order valence-electron chi connectivity index (χ1n) is 4.91. The van der Waals surface area contributed by atoms with Crippen molar-refractivity contribution in [1.29, 1.82) is 0 Å². The lowest BCUT2D eigenvalue weighted by atomic mass is 10.0. The van der Waals surface area contributed by atoms with Crippen LogP contribution in [0, 0.1) is 0 Å². The number of halogens is 3. The number of ketones is 1. The predicted molar refractivity (Wildman–Crippen MR) is 73.6 cm³/mol. The summed E-state index contributed by atoms with van der Waals surface area (Å²) in [4.78, 5) is 23.3. The summed E-state index contributed by atoms with van der Waals surface area (Å²) in [6, 6.07) is 5.71. The molecule has 0 saturated heterocycles. The SMILES string of the molecule is O=C([O-])c1ccccc1C(=O)c1sc(Cl)c(Cl)c1Cl. The molecule has 0 aliphatic carbocycles. The molecule has 0 amide bonds. The van der Waals surface area contributed by atoms with Gasteiger partial charge in [-0.15, -0.1) is 11.3 Å². The third-order valence-electron chi connectivity index (χ3n) is 2.35. The van der Waals surface area contributed by atoms with Crippen LogP contribution < -0.4 is 5.11 Å². The van der Waals surface area contributed by atoms with Gasteiger partial charge < -0.3 is 9.90 Å². The van der Waals surface area contributed by atoms with Gasteiger partial charge in [-0.1, -0.05) is 59.1 Å². The van der Waals surface area contributed by atoms with Gasteiger partial charge in [-0.25, -0.2) is 0 Å². The van der Waals surface area contributed by atoms with E-state index in [1.165, 1.54) is 18.2 Å². The van der Waals surface area contributed by atoms with Gasteiger partial charge in [0.1, 0.15) is 4.34 Å². The standard InChI is InChI=1S/C12H5Cl3O3S/c13-7-8(14)11(15)19-10(7)9(16)5-3-1-2-4-6(5)12(17)18/h1-4H,(H,17,18)/p-1. The second kappa shape index (κ2) is 5.51. The summed E-state index contributed by atoms with van der Waals surface area (Å²) in [6.45, 7) is 0. The minimum Gasteiger partial charge on any atom is -0.545 e. The molecule has 0 saturated carbocycles. The third-order valence-corrected chi connectivity index (χ3v) is 4.93. The van der Waals surface area contributed by atoms with Crippen molar-refractivity contribution < 1.29 is 14.7 Å². The van der Waals surface area contributed by atoms with Gasteiger partial charge in [-0.3, -0.25) is 4.79 Å². The van der Waals surface area contributed by atoms with Crippen molar-refractivity contribution in [2.45, 2.75) is 0 Å². The second-order valence-electron chi connectivity index (χ2n) is 3.50. The van der Waals surface area contributed by atoms with E-state index in [0.29, 0.717) is 0 Å². The Kier molecular flexibility index (Phi) is 4.16. The average molecular weight is 335 g/mol. The minimum absolute atomic E-state index is 0.0148. The first-order valence-corrected chi connectivity index (χ1v) is 6.87. The van der Waals surface area contributed by atoms with Crippen molar-refractivity contribution in [1.82, 2.24) is 0 Å². The fourth-order valence-electron chi connectivity index (χ4n) is 1.49. The Labute approximate surface area is 127 Å². The topological polar surface area (TPSA) is 57.2 Å². The van der Waals surface area contributed by atoms with Crippen LogP contribution in [0.15, 0.2) is 24.3 Å². The van der Waals surface area contributed by atoms with Crippen LogP contribution in [0.5, 0.6) is 0 Å². The van der Waals surface area contributed by atoms with Crippen molar-refractivity contribution in [2.75, 3.05) is 0 Å². The molecule has 0 bridgehead atoms. The van der Waals surface area contributed by atoms with Gasteiger partial charge in [0.2, 0.25) is 5.78 Å². The Balaban J connectivity index is 2.56. The highest BCUT2D eigenvalue weighted by Crippen LogP contribution is 2.41. The van der Waals surface area contributed by atoms with E-state index in [1.54, 1.807) is 6.07 Å². The number of rotatable bonds is 3. The highest BCUT2D eigenvalue weighted by molar-refractivity contribution is 7.19. The largest absolute Gasteiger partial charge is 0.545 e. The number of carboxylic acid groups (broad SMARTS) is 1. The maximum Gasteiger partial charge on any atom is 0.205 e. The molecule has 0 radical (unpaired) electrons. The van der Waals surface area contributed by atoms with Crippen LogP contribution in [0.4, 0.5) is 0 Å². The number of carbonyl (C=O) groups excluding carboxylic acids is 2. The molecular formula is C12H4Cl3O3S-. The number of benzene rings is 1. The zero-order valence-corrected chi connectivity index (χ0v) is 12.2. The maximum atomic E-state index is 12.3. The monoisotopic (exact) mass is 333 g/mol. The van der Waals surface area contributed by atoms with Crippen LogP contribution in [0.3, 0.4) is 0 Å². The molecule has 0 atom stereocenters.